The summed E-state index contributed by atoms with van der Waals surface area (Å²) < 4.78 is 0. The number of amides is 1. The number of anilines is 1. The Labute approximate surface area is 113 Å². The lowest BCUT2D eigenvalue weighted by molar-refractivity contribution is -0.310. The van der Waals surface area contributed by atoms with E-state index in [1.807, 2.05) is 25.1 Å². The molecule has 1 fully saturated rings. The minimum atomic E-state index is -1.14. The lowest BCUT2D eigenvalue weighted by Crippen LogP contribution is -2.34. The van der Waals surface area contributed by atoms with Crippen LogP contribution in [-0.4, -0.2) is 18.4 Å². The van der Waals surface area contributed by atoms with Gasteiger partial charge in [0.25, 0.3) is 0 Å². The minimum Gasteiger partial charge on any atom is -0.550 e. The lowest BCUT2D eigenvalue weighted by Gasteiger charge is -2.24. The molecular weight excluding hydrogens is 242 g/mol. The molecule has 19 heavy (non-hydrogen) atoms. The number of nitrogens with zero attached hydrogens (tertiary/aromatic N) is 1. The molecule has 0 aromatic heterocycles. The molecule has 2 rings (SSSR count). The first-order chi connectivity index (χ1) is 8.91. The monoisotopic (exact) mass is 260 g/mol. The molecule has 1 aromatic rings. The van der Waals surface area contributed by atoms with Crippen molar-refractivity contribution < 1.29 is 14.7 Å². The van der Waals surface area contributed by atoms with E-state index in [2.05, 4.69) is 13.8 Å². The van der Waals surface area contributed by atoms with Crippen molar-refractivity contribution >= 4 is 17.6 Å². The Morgan fingerprint density at radius 2 is 2.11 bits per heavy atom. The van der Waals surface area contributed by atoms with Gasteiger partial charge in [-0.2, -0.15) is 0 Å². The molecule has 0 aliphatic carbocycles. The Balaban J connectivity index is 2.42. The average Bonchev–Trinajstić information content (AvgIpc) is 2.71. The molecule has 1 atom stereocenters. The third-order valence-corrected chi connectivity index (χ3v) is 3.62. The second-order valence-corrected chi connectivity index (χ2v) is 5.39. The minimum absolute atomic E-state index is 0.0359. The van der Waals surface area contributed by atoms with E-state index in [4.69, 9.17) is 0 Å². The number of aryl methyl sites for hydroxylation is 1. The van der Waals surface area contributed by atoms with Crippen LogP contribution in [0.3, 0.4) is 0 Å². The van der Waals surface area contributed by atoms with Gasteiger partial charge in [0.1, 0.15) is 0 Å². The van der Waals surface area contributed by atoms with Crippen LogP contribution in [0.5, 0.6) is 0 Å². The van der Waals surface area contributed by atoms with Crippen LogP contribution in [0, 0.1) is 12.8 Å². The normalized spacial score (nSPS) is 19.3. The standard InChI is InChI=1S/C15H19NO3/c1-9(2)12-6-4-5-10(3)14(12)16-8-11(15(18)19)7-13(16)17/h4-6,9,11H,7-8H2,1-3H3,(H,18,19)/p-1. The van der Waals surface area contributed by atoms with Gasteiger partial charge in [-0.15, -0.1) is 0 Å². The van der Waals surface area contributed by atoms with Crippen LogP contribution in [-0.2, 0) is 9.59 Å². The van der Waals surface area contributed by atoms with Crippen molar-refractivity contribution in [2.45, 2.75) is 33.1 Å². The zero-order chi connectivity index (χ0) is 14.2. The number of hydrogen-bond acceptors (Lipinski definition) is 3. The molecule has 1 heterocycles. The molecule has 102 valence electrons. The van der Waals surface area contributed by atoms with Crippen molar-refractivity contribution in [3.8, 4) is 0 Å². The van der Waals surface area contributed by atoms with Crippen molar-refractivity contribution in [1.29, 1.82) is 0 Å². The Hall–Kier alpha value is -1.84. The Kier molecular flexibility index (Phi) is 3.60. The van der Waals surface area contributed by atoms with Crippen LogP contribution in [0.1, 0.15) is 37.3 Å². The van der Waals surface area contributed by atoms with E-state index in [9.17, 15) is 14.7 Å². The second-order valence-electron chi connectivity index (χ2n) is 5.39. The van der Waals surface area contributed by atoms with E-state index in [0.29, 0.717) is 0 Å². The fraction of sp³-hybridized carbons (Fsp3) is 0.467. The molecular formula is C15H18NO3-. The van der Waals surface area contributed by atoms with Crippen LogP contribution < -0.4 is 10.0 Å². The first-order valence-corrected chi connectivity index (χ1v) is 6.52. The molecule has 1 saturated heterocycles. The maximum Gasteiger partial charge on any atom is 0.227 e. The van der Waals surface area contributed by atoms with Crippen molar-refractivity contribution in [3.63, 3.8) is 0 Å². The van der Waals surface area contributed by atoms with Gasteiger partial charge in [-0.25, -0.2) is 0 Å². The van der Waals surface area contributed by atoms with Crippen molar-refractivity contribution in [3.05, 3.63) is 29.3 Å². The Morgan fingerprint density at radius 3 is 2.63 bits per heavy atom. The van der Waals surface area contributed by atoms with Crippen LogP contribution in [0.25, 0.3) is 0 Å². The number of carbonyl (C=O) groups excluding carboxylic acids is 2. The Bertz CT molecular complexity index is 522. The molecule has 1 amide bonds. The zero-order valence-corrected chi connectivity index (χ0v) is 11.5. The van der Waals surface area contributed by atoms with Crippen LogP contribution in [0.4, 0.5) is 5.69 Å². The largest absolute Gasteiger partial charge is 0.550 e. The summed E-state index contributed by atoms with van der Waals surface area (Å²) in [5, 5.41) is 10.9. The summed E-state index contributed by atoms with van der Waals surface area (Å²) in [4.78, 5) is 24.6. The van der Waals surface area contributed by atoms with Gasteiger partial charge in [0.15, 0.2) is 0 Å². The number of benzene rings is 1. The molecule has 0 spiro atoms. The van der Waals surface area contributed by atoms with Crippen molar-refractivity contribution in [1.82, 2.24) is 0 Å². The molecule has 1 aliphatic heterocycles. The predicted octanol–water partition coefficient (Wildman–Crippen LogP) is 1.22. The van der Waals surface area contributed by atoms with Gasteiger partial charge in [-0.3, -0.25) is 4.79 Å². The predicted molar refractivity (Wildman–Crippen MR) is 70.7 cm³/mol. The maximum atomic E-state index is 12.1. The summed E-state index contributed by atoms with van der Waals surface area (Å²) in [5.41, 5.74) is 2.94. The number of carboxylic acids is 1. The maximum absolute atomic E-state index is 12.1. The molecule has 0 saturated carbocycles. The van der Waals surface area contributed by atoms with E-state index in [1.54, 1.807) is 4.90 Å². The van der Waals surface area contributed by atoms with Gasteiger partial charge >= 0.3 is 0 Å². The number of carboxylic acid groups (broad SMARTS) is 1. The van der Waals surface area contributed by atoms with Gasteiger partial charge in [0.2, 0.25) is 5.91 Å². The van der Waals surface area contributed by atoms with E-state index < -0.39 is 11.9 Å². The summed E-state index contributed by atoms with van der Waals surface area (Å²) in [6.07, 6.45) is 0.0359. The van der Waals surface area contributed by atoms with Gasteiger partial charge in [0, 0.05) is 30.5 Å². The molecule has 0 N–H and O–H groups in total. The van der Waals surface area contributed by atoms with Gasteiger partial charge in [0.05, 0.1) is 0 Å². The zero-order valence-electron chi connectivity index (χ0n) is 11.5. The van der Waals surface area contributed by atoms with Crippen molar-refractivity contribution in [2.24, 2.45) is 5.92 Å². The first kappa shape index (κ1) is 13.6. The summed E-state index contributed by atoms with van der Waals surface area (Å²) >= 11 is 0. The lowest BCUT2D eigenvalue weighted by atomic mass is 9.97. The highest BCUT2D eigenvalue weighted by atomic mass is 16.4. The van der Waals surface area contributed by atoms with E-state index in [0.717, 1.165) is 16.8 Å². The van der Waals surface area contributed by atoms with Gasteiger partial charge in [-0.1, -0.05) is 32.0 Å². The van der Waals surface area contributed by atoms with Crippen LogP contribution >= 0.6 is 0 Å². The van der Waals surface area contributed by atoms with E-state index >= 15 is 0 Å². The molecule has 4 heteroatoms. The fourth-order valence-electron chi connectivity index (χ4n) is 2.60. The summed E-state index contributed by atoms with van der Waals surface area (Å²) in [6.45, 7) is 6.29. The molecule has 0 radical (unpaired) electrons. The average molecular weight is 260 g/mol. The highest BCUT2D eigenvalue weighted by molar-refractivity contribution is 6.00. The Morgan fingerprint density at radius 1 is 1.42 bits per heavy atom. The molecule has 1 unspecified atom stereocenters. The third kappa shape index (κ3) is 2.48. The highest BCUT2D eigenvalue weighted by Gasteiger charge is 2.33. The smallest absolute Gasteiger partial charge is 0.227 e. The number of carbonyl (C=O) groups is 2. The van der Waals surface area contributed by atoms with Crippen LogP contribution in [0.15, 0.2) is 18.2 Å². The molecule has 1 aliphatic rings. The number of hydrogen-bond donors (Lipinski definition) is 0. The molecule has 0 bridgehead atoms. The second kappa shape index (κ2) is 5.03. The SMILES string of the molecule is Cc1cccc(C(C)C)c1N1CC(C(=O)[O-])CC1=O. The summed E-state index contributed by atoms with van der Waals surface area (Å²) in [7, 11) is 0. The summed E-state index contributed by atoms with van der Waals surface area (Å²) in [5.74, 6) is -1.70. The van der Waals surface area contributed by atoms with Crippen LogP contribution in [0.2, 0.25) is 0 Å². The number of rotatable bonds is 3. The number of aliphatic carboxylic acids is 1. The number of para-hydroxylation sites is 1. The van der Waals surface area contributed by atoms with E-state index in [1.165, 1.54) is 0 Å². The highest BCUT2D eigenvalue weighted by Crippen LogP contribution is 2.34. The van der Waals surface area contributed by atoms with Gasteiger partial charge in [-0.05, 0) is 24.0 Å². The topological polar surface area (TPSA) is 60.4 Å². The summed E-state index contributed by atoms with van der Waals surface area (Å²) in [6, 6.07) is 5.90. The van der Waals surface area contributed by atoms with Gasteiger partial charge < -0.3 is 14.8 Å². The third-order valence-electron chi connectivity index (χ3n) is 3.62. The quantitative estimate of drug-likeness (QED) is 0.821. The first-order valence-electron chi connectivity index (χ1n) is 6.52. The fourth-order valence-corrected chi connectivity index (χ4v) is 2.60. The molecule has 1 aromatic carbocycles. The van der Waals surface area contributed by atoms with E-state index in [-0.39, 0.29) is 24.8 Å². The van der Waals surface area contributed by atoms with Crippen molar-refractivity contribution in [2.75, 3.05) is 11.4 Å². The molecule has 4 nitrogen and oxygen atoms in total.